The number of ketones is 1. The summed E-state index contributed by atoms with van der Waals surface area (Å²) in [6.45, 7) is 6.69. The Morgan fingerprint density at radius 2 is 2.00 bits per heavy atom. The van der Waals surface area contributed by atoms with E-state index in [2.05, 4.69) is 10.6 Å². The number of amides is 2. The number of rotatable bonds is 16. The van der Waals surface area contributed by atoms with E-state index in [-0.39, 0.29) is 34.6 Å². The van der Waals surface area contributed by atoms with Crippen LogP contribution in [0.25, 0.3) is 0 Å². The second-order valence-corrected chi connectivity index (χ2v) is 11.7. The first-order valence-electron chi connectivity index (χ1n) is 14.1. The Kier molecular flexibility index (Phi) is 13.5. The van der Waals surface area contributed by atoms with Crippen LogP contribution in [0.5, 0.6) is 11.5 Å². The van der Waals surface area contributed by atoms with Crippen LogP contribution in [0.3, 0.4) is 0 Å². The highest BCUT2D eigenvalue weighted by molar-refractivity contribution is 7.99. The number of nitrogens with one attached hydrogen (secondary N) is 2. The molecule has 1 heterocycles. The molecule has 0 spiro atoms. The second kappa shape index (κ2) is 17.0. The fourth-order valence-corrected chi connectivity index (χ4v) is 5.56. The van der Waals surface area contributed by atoms with Gasteiger partial charge in [0.1, 0.15) is 29.5 Å². The third-order valence-electron chi connectivity index (χ3n) is 6.51. The van der Waals surface area contributed by atoms with Gasteiger partial charge in [0.25, 0.3) is 0 Å². The lowest BCUT2D eigenvalue weighted by Gasteiger charge is -2.23. The molecule has 3 N–H and O–H groups in total. The lowest BCUT2D eigenvalue weighted by atomic mass is 10.0. The van der Waals surface area contributed by atoms with Crippen LogP contribution in [0.15, 0.2) is 48.2 Å². The van der Waals surface area contributed by atoms with Crippen LogP contribution in [0, 0.1) is 11.7 Å². The van der Waals surface area contributed by atoms with Crippen LogP contribution in [0.2, 0.25) is 5.02 Å². The van der Waals surface area contributed by atoms with Gasteiger partial charge in [0.2, 0.25) is 11.8 Å². The van der Waals surface area contributed by atoms with Crippen LogP contribution in [-0.2, 0) is 36.1 Å². The van der Waals surface area contributed by atoms with Gasteiger partial charge in [-0.2, -0.15) is 0 Å². The highest BCUT2D eigenvalue weighted by Gasteiger charge is 2.27. The lowest BCUT2D eigenvalue weighted by molar-refractivity contribution is -0.132. The Hall–Kier alpha value is -3.61. The van der Waals surface area contributed by atoms with Gasteiger partial charge in [-0.05, 0) is 43.2 Å². The number of halogens is 2. The molecule has 1 unspecified atom stereocenters. The molecule has 1 saturated heterocycles. The van der Waals surface area contributed by atoms with Crippen molar-refractivity contribution in [3.8, 4) is 11.5 Å². The Labute approximate surface area is 264 Å². The number of allylic oxidation sites excluding steroid dienone is 1. The van der Waals surface area contributed by atoms with Crippen molar-refractivity contribution in [1.29, 1.82) is 0 Å². The van der Waals surface area contributed by atoms with E-state index in [1.54, 1.807) is 32.0 Å². The third-order valence-corrected chi connectivity index (χ3v) is 7.82. The summed E-state index contributed by atoms with van der Waals surface area (Å²) in [6.07, 6.45) is 1.13. The van der Waals surface area contributed by atoms with Gasteiger partial charge in [0.05, 0.1) is 43.8 Å². The number of carbonyl (C=O) groups excluding carboxylic acids is 3. The second-order valence-electron chi connectivity index (χ2n) is 10.3. The number of carboxylic acid groups (broad SMARTS) is 1. The van der Waals surface area contributed by atoms with Crippen LogP contribution in [0.4, 0.5) is 4.39 Å². The van der Waals surface area contributed by atoms with Crippen LogP contribution < -0.4 is 20.1 Å². The smallest absolute Gasteiger partial charge is 0.330 e. The van der Waals surface area contributed by atoms with Gasteiger partial charge >= 0.3 is 5.97 Å². The standard InChI is InChI=1S/C31H36ClFN2O8S/c1-4-42-27-9-8-20(43-21-10-11-41-15-21)12-19(27)13-28(37)35-30(18(2)3)31(40)34-25(14-29(38)39)26(36)17-44-16-22-23(32)6-5-7-24(22)33/h5-9,12,14,18,21,30H,4,10-11,13,15-17H2,1-3H3,(H,34,40)(H,35,37)(H,38,39)/t21?,30-/m0/s1. The Morgan fingerprint density at radius 3 is 2.64 bits per heavy atom. The maximum absolute atomic E-state index is 14.1. The number of aliphatic carboxylic acids is 1. The zero-order valence-corrected chi connectivity index (χ0v) is 26.3. The molecule has 2 aromatic carbocycles. The minimum absolute atomic E-state index is 0.0562. The number of carboxylic acids is 1. The van der Waals surface area contributed by atoms with Crippen LogP contribution >= 0.6 is 23.4 Å². The van der Waals surface area contributed by atoms with E-state index < -0.39 is 47.0 Å². The molecular weight excluding hydrogens is 615 g/mol. The van der Waals surface area contributed by atoms with Crippen LogP contribution in [-0.4, -0.2) is 66.4 Å². The maximum atomic E-state index is 14.1. The van der Waals surface area contributed by atoms with Crippen molar-refractivity contribution in [2.45, 2.75) is 51.5 Å². The zero-order chi connectivity index (χ0) is 32.2. The molecule has 2 amide bonds. The molecule has 0 aliphatic carbocycles. The number of carbonyl (C=O) groups is 4. The molecule has 1 aliphatic rings. The van der Waals surface area contributed by atoms with Gasteiger partial charge in [-0.1, -0.05) is 31.5 Å². The molecule has 1 aliphatic heterocycles. The highest BCUT2D eigenvalue weighted by atomic mass is 35.5. The van der Waals surface area contributed by atoms with Gasteiger partial charge in [0.15, 0.2) is 5.78 Å². The number of hydrogen-bond donors (Lipinski definition) is 3. The van der Waals surface area contributed by atoms with Crippen molar-refractivity contribution in [2.75, 3.05) is 25.6 Å². The van der Waals surface area contributed by atoms with Crippen molar-refractivity contribution >= 4 is 46.9 Å². The molecule has 2 atom stereocenters. The topological polar surface area (TPSA) is 140 Å². The van der Waals surface area contributed by atoms with Gasteiger partial charge in [-0.25, -0.2) is 9.18 Å². The summed E-state index contributed by atoms with van der Waals surface area (Å²) in [7, 11) is 0. The van der Waals surface area contributed by atoms with Crippen molar-refractivity contribution in [1.82, 2.24) is 10.6 Å². The number of Topliss-reactive ketones (excluding diaryl/α,β-unsaturated/α-hetero) is 1. The Balaban J connectivity index is 1.67. The van der Waals surface area contributed by atoms with E-state index in [0.717, 1.165) is 18.2 Å². The number of hydrogen-bond acceptors (Lipinski definition) is 8. The predicted octanol–water partition coefficient (Wildman–Crippen LogP) is 4.32. The monoisotopic (exact) mass is 650 g/mol. The fourth-order valence-electron chi connectivity index (χ4n) is 4.31. The summed E-state index contributed by atoms with van der Waals surface area (Å²) in [6, 6.07) is 8.32. The average molecular weight is 651 g/mol. The molecule has 0 bridgehead atoms. The predicted molar refractivity (Wildman–Crippen MR) is 164 cm³/mol. The summed E-state index contributed by atoms with van der Waals surface area (Å²) in [4.78, 5) is 50.7. The molecule has 0 aromatic heterocycles. The molecule has 13 heteroatoms. The van der Waals surface area contributed by atoms with E-state index in [1.807, 2.05) is 6.92 Å². The van der Waals surface area contributed by atoms with E-state index in [4.69, 9.17) is 25.8 Å². The SMILES string of the molecule is CCOc1ccc(OC2CCOC2)cc1CC(=O)N[C@H](C(=O)NC(=CC(=O)O)C(=O)CSCc1c(F)cccc1Cl)C(C)C. The fraction of sp³-hybridized carbons (Fsp3) is 0.419. The van der Waals surface area contributed by atoms with Crippen molar-refractivity contribution in [3.05, 3.63) is 70.1 Å². The number of benzene rings is 2. The molecule has 238 valence electrons. The van der Waals surface area contributed by atoms with E-state index >= 15 is 0 Å². The largest absolute Gasteiger partial charge is 0.494 e. The van der Waals surface area contributed by atoms with Gasteiger partial charge in [-0.15, -0.1) is 11.8 Å². The molecule has 0 radical (unpaired) electrons. The first-order chi connectivity index (χ1) is 21.0. The molecule has 10 nitrogen and oxygen atoms in total. The molecule has 1 fully saturated rings. The number of thioether (sulfide) groups is 1. The minimum Gasteiger partial charge on any atom is -0.494 e. The van der Waals surface area contributed by atoms with Gasteiger partial charge in [0, 0.05) is 28.3 Å². The summed E-state index contributed by atoms with van der Waals surface area (Å²) >= 11 is 7.04. The van der Waals surface area contributed by atoms with Crippen molar-refractivity contribution in [3.63, 3.8) is 0 Å². The quantitative estimate of drug-likeness (QED) is 0.227. The number of ether oxygens (including phenoxy) is 3. The molecule has 0 saturated carbocycles. The first-order valence-corrected chi connectivity index (χ1v) is 15.6. The maximum Gasteiger partial charge on any atom is 0.330 e. The minimum atomic E-state index is -1.45. The highest BCUT2D eigenvalue weighted by Crippen LogP contribution is 2.27. The molecule has 44 heavy (non-hydrogen) atoms. The van der Waals surface area contributed by atoms with Gasteiger partial charge < -0.3 is 30.0 Å². The Bertz CT molecular complexity index is 1360. The average Bonchev–Trinajstić information content (AvgIpc) is 3.47. The van der Waals surface area contributed by atoms with Crippen LogP contribution in [0.1, 0.15) is 38.3 Å². The molecule has 2 aromatic rings. The van der Waals surface area contributed by atoms with Crippen molar-refractivity contribution < 1.29 is 42.9 Å². The lowest BCUT2D eigenvalue weighted by Crippen LogP contribution is -2.50. The normalized spacial score (nSPS) is 15.5. The molecule has 3 rings (SSSR count). The third kappa shape index (κ3) is 10.5. The van der Waals surface area contributed by atoms with E-state index in [9.17, 15) is 28.7 Å². The summed E-state index contributed by atoms with van der Waals surface area (Å²) < 4.78 is 31.1. The van der Waals surface area contributed by atoms with E-state index in [0.29, 0.717) is 43.0 Å². The van der Waals surface area contributed by atoms with Gasteiger partial charge in [-0.3, -0.25) is 14.4 Å². The zero-order valence-electron chi connectivity index (χ0n) is 24.7. The first kappa shape index (κ1) is 34.9. The van der Waals surface area contributed by atoms with Crippen molar-refractivity contribution in [2.24, 2.45) is 5.92 Å². The summed E-state index contributed by atoms with van der Waals surface area (Å²) in [5.74, 6) is -3.49. The Morgan fingerprint density at radius 1 is 1.23 bits per heavy atom. The van der Waals surface area contributed by atoms with E-state index in [1.165, 1.54) is 18.2 Å². The molecular formula is C31H36ClFN2O8S. The summed E-state index contributed by atoms with van der Waals surface area (Å²) in [5.41, 5.74) is 0.297. The summed E-state index contributed by atoms with van der Waals surface area (Å²) in [5, 5.41) is 14.6.